The molecule has 0 radical (unpaired) electrons. The van der Waals surface area contributed by atoms with Gasteiger partial charge in [0.1, 0.15) is 0 Å². The lowest BCUT2D eigenvalue weighted by molar-refractivity contribution is -0.123. The highest BCUT2D eigenvalue weighted by atomic mass is 16.2. The molecule has 6 heteroatoms. The summed E-state index contributed by atoms with van der Waals surface area (Å²) in [4.78, 5) is 25.9. The van der Waals surface area contributed by atoms with Gasteiger partial charge in [-0.1, -0.05) is 30.7 Å². The molecule has 1 saturated heterocycles. The van der Waals surface area contributed by atoms with Crippen LogP contribution in [0.4, 0.5) is 0 Å². The molecule has 1 unspecified atom stereocenters. The van der Waals surface area contributed by atoms with Crippen LogP contribution >= 0.6 is 0 Å². The predicted octanol–water partition coefficient (Wildman–Crippen LogP) is 1.52. The van der Waals surface area contributed by atoms with Crippen molar-refractivity contribution in [2.75, 3.05) is 13.1 Å². The van der Waals surface area contributed by atoms with Gasteiger partial charge in [-0.2, -0.15) is 0 Å². The molecule has 2 amide bonds. The topological polar surface area (TPSA) is 101 Å². The maximum Gasteiger partial charge on any atom is 0.221 e. The molecule has 27 heavy (non-hydrogen) atoms. The maximum atomic E-state index is 12.2. The Kier molecular flexibility index (Phi) is 6.85. The van der Waals surface area contributed by atoms with Gasteiger partial charge >= 0.3 is 0 Å². The molecule has 3 atom stereocenters. The van der Waals surface area contributed by atoms with Crippen LogP contribution < -0.4 is 16.8 Å². The van der Waals surface area contributed by atoms with E-state index in [0.29, 0.717) is 18.9 Å². The number of carbonyl (C=O) groups excluding carboxylic acids is 2. The highest BCUT2D eigenvalue weighted by Crippen LogP contribution is 2.26. The van der Waals surface area contributed by atoms with Gasteiger partial charge in [-0.25, -0.2) is 0 Å². The SMILES string of the molecule is NC(=O)C1CCCN(Cc2cccc(CNC(=O)C[C@@H]3CCC[C@H]3N)c2)C1. The quantitative estimate of drug-likeness (QED) is 0.675. The highest BCUT2D eigenvalue weighted by Gasteiger charge is 2.26. The zero-order valence-corrected chi connectivity index (χ0v) is 16.0. The Morgan fingerprint density at radius 3 is 2.70 bits per heavy atom. The van der Waals surface area contributed by atoms with Crippen molar-refractivity contribution in [2.24, 2.45) is 23.3 Å². The minimum atomic E-state index is -0.196. The van der Waals surface area contributed by atoms with E-state index < -0.39 is 0 Å². The zero-order chi connectivity index (χ0) is 19.2. The first kappa shape index (κ1) is 19.8. The van der Waals surface area contributed by atoms with Crippen LogP contribution in [0.1, 0.15) is 49.7 Å². The second kappa shape index (κ2) is 9.33. The minimum Gasteiger partial charge on any atom is -0.369 e. The number of amides is 2. The molecule has 1 aromatic carbocycles. The molecule has 1 aliphatic heterocycles. The van der Waals surface area contributed by atoms with Gasteiger partial charge in [0, 0.05) is 32.1 Å². The Morgan fingerprint density at radius 2 is 1.96 bits per heavy atom. The molecular weight excluding hydrogens is 340 g/mol. The average Bonchev–Trinajstić information content (AvgIpc) is 3.05. The van der Waals surface area contributed by atoms with Crippen molar-refractivity contribution in [3.05, 3.63) is 35.4 Å². The van der Waals surface area contributed by atoms with Gasteiger partial charge in [0.15, 0.2) is 0 Å². The van der Waals surface area contributed by atoms with Crippen molar-refractivity contribution in [3.63, 3.8) is 0 Å². The van der Waals surface area contributed by atoms with Crippen LogP contribution in [0.2, 0.25) is 0 Å². The number of piperidine rings is 1. The van der Waals surface area contributed by atoms with E-state index in [1.54, 1.807) is 0 Å². The third kappa shape index (κ3) is 5.78. The van der Waals surface area contributed by atoms with E-state index in [1.807, 2.05) is 12.1 Å². The third-order valence-electron chi connectivity index (χ3n) is 5.96. The zero-order valence-electron chi connectivity index (χ0n) is 16.0. The summed E-state index contributed by atoms with van der Waals surface area (Å²) in [5.41, 5.74) is 13.8. The van der Waals surface area contributed by atoms with Gasteiger partial charge in [-0.05, 0) is 49.3 Å². The predicted molar refractivity (Wildman–Crippen MR) is 105 cm³/mol. The third-order valence-corrected chi connectivity index (χ3v) is 5.96. The first-order chi connectivity index (χ1) is 13.0. The number of nitrogens with two attached hydrogens (primary N) is 2. The van der Waals surface area contributed by atoms with E-state index in [-0.39, 0.29) is 23.8 Å². The molecule has 6 nitrogen and oxygen atoms in total. The molecule has 1 aromatic rings. The van der Waals surface area contributed by atoms with Crippen molar-refractivity contribution < 1.29 is 9.59 Å². The second-order valence-corrected chi connectivity index (χ2v) is 8.13. The Hall–Kier alpha value is -1.92. The molecule has 2 aliphatic rings. The van der Waals surface area contributed by atoms with Crippen LogP contribution in [0, 0.1) is 11.8 Å². The number of likely N-dealkylation sites (tertiary alicyclic amines) is 1. The Bertz CT molecular complexity index is 663. The summed E-state index contributed by atoms with van der Waals surface area (Å²) in [7, 11) is 0. The van der Waals surface area contributed by atoms with Crippen LogP contribution in [0.5, 0.6) is 0 Å². The molecule has 0 bridgehead atoms. The highest BCUT2D eigenvalue weighted by molar-refractivity contribution is 5.77. The fourth-order valence-corrected chi connectivity index (χ4v) is 4.36. The largest absolute Gasteiger partial charge is 0.369 e. The first-order valence-corrected chi connectivity index (χ1v) is 10.1. The van der Waals surface area contributed by atoms with Crippen molar-refractivity contribution >= 4 is 11.8 Å². The number of hydrogen-bond acceptors (Lipinski definition) is 4. The number of primary amides is 1. The Morgan fingerprint density at radius 1 is 1.15 bits per heavy atom. The summed E-state index contributed by atoms with van der Waals surface area (Å²) < 4.78 is 0. The van der Waals surface area contributed by atoms with E-state index in [0.717, 1.165) is 57.3 Å². The molecule has 1 saturated carbocycles. The molecule has 3 rings (SSSR count). The van der Waals surface area contributed by atoms with E-state index in [1.165, 1.54) is 5.56 Å². The first-order valence-electron chi connectivity index (χ1n) is 10.1. The minimum absolute atomic E-state index is 0.0387. The summed E-state index contributed by atoms with van der Waals surface area (Å²) >= 11 is 0. The smallest absolute Gasteiger partial charge is 0.221 e. The number of hydrogen-bond donors (Lipinski definition) is 3. The molecule has 148 valence electrons. The van der Waals surface area contributed by atoms with E-state index in [9.17, 15) is 9.59 Å². The van der Waals surface area contributed by atoms with Gasteiger partial charge < -0.3 is 16.8 Å². The number of carbonyl (C=O) groups is 2. The van der Waals surface area contributed by atoms with E-state index in [4.69, 9.17) is 11.5 Å². The molecule has 1 aliphatic carbocycles. The lowest BCUT2D eigenvalue weighted by atomic mass is 9.97. The summed E-state index contributed by atoms with van der Waals surface area (Å²) in [6.07, 6.45) is 5.66. The monoisotopic (exact) mass is 372 g/mol. The molecule has 1 heterocycles. The van der Waals surface area contributed by atoms with Gasteiger partial charge in [0.05, 0.1) is 5.92 Å². The fraction of sp³-hybridized carbons (Fsp3) is 0.619. The van der Waals surface area contributed by atoms with Crippen LogP contribution in [-0.2, 0) is 22.7 Å². The van der Waals surface area contributed by atoms with Crippen LogP contribution in [0.3, 0.4) is 0 Å². The van der Waals surface area contributed by atoms with Crippen molar-refractivity contribution in [1.29, 1.82) is 0 Å². The van der Waals surface area contributed by atoms with Crippen LogP contribution in [0.25, 0.3) is 0 Å². The van der Waals surface area contributed by atoms with E-state index in [2.05, 4.69) is 22.3 Å². The number of rotatable bonds is 7. The normalized spacial score (nSPS) is 26.0. The average molecular weight is 373 g/mol. The number of nitrogens with one attached hydrogen (secondary N) is 1. The fourth-order valence-electron chi connectivity index (χ4n) is 4.36. The van der Waals surface area contributed by atoms with Crippen molar-refractivity contribution in [2.45, 2.75) is 57.7 Å². The van der Waals surface area contributed by atoms with Crippen LogP contribution in [-0.4, -0.2) is 35.8 Å². The van der Waals surface area contributed by atoms with Gasteiger partial charge in [-0.3, -0.25) is 14.5 Å². The van der Waals surface area contributed by atoms with Gasteiger partial charge in [0.25, 0.3) is 0 Å². The number of nitrogens with zero attached hydrogens (tertiary/aromatic N) is 1. The Labute approximate surface area is 161 Å². The summed E-state index contributed by atoms with van der Waals surface area (Å²) in [5, 5.41) is 3.03. The summed E-state index contributed by atoms with van der Waals surface area (Å²) in [6.45, 7) is 3.07. The molecule has 5 N–H and O–H groups in total. The lowest BCUT2D eigenvalue weighted by Crippen LogP contribution is -2.40. The maximum absolute atomic E-state index is 12.2. The van der Waals surface area contributed by atoms with Gasteiger partial charge in [-0.15, -0.1) is 0 Å². The molecule has 0 spiro atoms. The molecule has 2 fully saturated rings. The molecular formula is C21H32N4O2. The van der Waals surface area contributed by atoms with Gasteiger partial charge in [0.2, 0.25) is 11.8 Å². The number of benzene rings is 1. The van der Waals surface area contributed by atoms with Crippen molar-refractivity contribution in [1.82, 2.24) is 10.2 Å². The Balaban J connectivity index is 1.48. The second-order valence-electron chi connectivity index (χ2n) is 8.13. The van der Waals surface area contributed by atoms with Crippen LogP contribution in [0.15, 0.2) is 24.3 Å². The lowest BCUT2D eigenvalue weighted by Gasteiger charge is -2.31. The standard InChI is InChI=1S/C21H32N4O2/c22-19-8-2-6-17(19)11-20(26)24-12-15-4-1-5-16(10-15)13-25-9-3-7-18(14-25)21(23)27/h1,4-5,10,17-19H,2-3,6-9,11-14,22H2,(H2,23,27)(H,24,26)/t17-,18?,19+/m0/s1. The molecule has 0 aromatic heterocycles. The summed E-state index contributed by atoms with van der Waals surface area (Å²) in [5.74, 6) is 0.179. The summed E-state index contributed by atoms with van der Waals surface area (Å²) in [6, 6.07) is 8.46. The van der Waals surface area contributed by atoms with E-state index >= 15 is 0 Å². The van der Waals surface area contributed by atoms with Crippen molar-refractivity contribution in [3.8, 4) is 0 Å².